The normalized spacial score (nSPS) is 24.9. The van der Waals surface area contributed by atoms with E-state index in [9.17, 15) is 4.79 Å². The molecule has 1 saturated heterocycles. The van der Waals surface area contributed by atoms with E-state index in [1.807, 2.05) is 0 Å². The third kappa shape index (κ3) is 2.20. The van der Waals surface area contributed by atoms with Crippen molar-refractivity contribution >= 4 is 5.78 Å². The van der Waals surface area contributed by atoms with E-state index >= 15 is 0 Å². The third-order valence-corrected chi connectivity index (χ3v) is 3.90. The highest BCUT2D eigenvalue weighted by molar-refractivity contribution is 6.00. The van der Waals surface area contributed by atoms with Gasteiger partial charge in [0.15, 0.2) is 5.78 Å². The lowest BCUT2D eigenvalue weighted by molar-refractivity contribution is -0.129. The lowest BCUT2D eigenvalue weighted by atomic mass is 9.72. The maximum Gasteiger partial charge on any atom is 0.166 e. The summed E-state index contributed by atoms with van der Waals surface area (Å²) in [5, 5.41) is 0. The van der Waals surface area contributed by atoms with Crippen LogP contribution in [0.1, 0.15) is 38.5 Å². The van der Waals surface area contributed by atoms with E-state index in [1.54, 1.807) is 0 Å². The van der Waals surface area contributed by atoms with Crippen LogP contribution in [0, 0.1) is 5.41 Å². The Morgan fingerprint density at radius 2 is 2.12 bits per heavy atom. The molecular formula is C13H21NO2. The number of allylic oxidation sites excluding steroid dienone is 2. The lowest BCUT2D eigenvalue weighted by Crippen LogP contribution is -2.44. The van der Waals surface area contributed by atoms with Crippen LogP contribution >= 0.6 is 0 Å². The van der Waals surface area contributed by atoms with E-state index in [-0.39, 0.29) is 5.41 Å². The molecule has 0 atom stereocenters. The second kappa shape index (κ2) is 5.11. The van der Waals surface area contributed by atoms with Crippen molar-refractivity contribution < 1.29 is 9.53 Å². The highest BCUT2D eigenvalue weighted by Gasteiger charge is 2.39. The molecule has 0 unspecified atom stereocenters. The van der Waals surface area contributed by atoms with Gasteiger partial charge in [-0.25, -0.2) is 0 Å². The summed E-state index contributed by atoms with van der Waals surface area (Å²) in [6, 6.07) is 0. The average Bonchev–Trinajstić information content (AvgIpc) is 2.39. The second-order valence-electron chi connectivity index (χ2n) is 4.90. The van der Waals surface area contributed by atoms with E-state index < -0.39 is 0 Å². The Labute approximate surface area is 97.0 Å². The number of ketones is 1. The number of Topliss-reactive ketones (excluding diaryl/α,β-unsaturated/α-hetero) is 1. The van der Waals surface area contributed by atoms with Gasteiger partial charge in [0, 0.05) is 25.2 Å². The molecule has 0 radical (unpaired) electrons. The van der Waals surface area contributed by atoms with Gasteiger partial charge in [-0.15, -0.1) is 0 Å². The van der Waals surface area contributed by atoms with Crippen molar-refractivity contribution in [3.63, 3.8) is 0 Å². The first-order chi connectivity index (χ1) is 7.78. The average molecular weight is 223 g/mol. The highest BCUT2D eigenvalue weighted by atomic mass is 16.5. The molecule has 1 aliphatic carbocycles. The monoisotopic (exact) mass is 223 g/mol. The largest absolute Gasteiger partial charge is 0.381 e. The summed E-state index contributed by atoms with van der Waals surface area (Å²) in [5.74, 6) is 0.304. The lowest BCUT2D eigenvalue weighted by Gasteiger charge is -2.35. The molecule has 3 heteroatoms. The van der Waals surface area contributed by atoms with Crippen molar-refractivity contribution in [2.75, 3.05) is 19.8 Å². The van der Waals surface area contributed by atoms with Crippen molar-refractivity contribution in [1.82, 2.24) is 0 Å². The van der Waals surface area contributed by atoms with Crippen LogP contribution in [0.2, 0.25) is 0 Å². The predicted molar refractivity (Wildman–Crippen MR) is 63.1 cm³/mol. The van der Waals surface area contributed by atoms with Crippen LogP contribution in [0.4, 0.5) is 0 Å². The van der Waals surface area contributed by atoms with E-state index in [2.05, 4.69) is 6.08 Å². The molecule has 1 aliphatic heterocycles. The number of hydrogen-bond donors (Lipinski definition) is 1. The first-order valence-electron chi connectivity index (χ1n) is 6.30. The molecule has 3 nitrogen and oxygen atoms in total. The predicted octanol–water partition coefficient (Wildman–Crippen LogP) is 1.81. The van der Waals surface area contributed by atoms with Gasteiger partial charge in [0.1, 0.15) is 0 Å². The van der Waals surface area contributed by atoms with Crippen LogP contribution in [0.25, 0.3) is 0 Å². The minimum absolute atomic E-state index is 0.304. The van der Waals surface area contributed by atoms with Gasteiger partial charge in [-0.3, -0.25) is 4.79 Å². The van der Waals surface area contributed by atoms with Crippen molar-refractivity contribution in [2.45, 2.75) is 38.5 Å². The van der Waals surface area contributed by atoms with Crippen LogP contribution in [0.5, 0.6) is 0 Å². The molecule has 0 saturated carbocycles. The molecule has 0 aromatic rings. The maximum absolute atomic E-state index is 12.5. The fourth-order valence-corrected chi connectivity index (χ4v) is 2.67. The van der Waals surface area contributed by atoms with E-state index in [0.717, 1.165) is 37.7 Å². The van der Waals surface area contributed by atoms with Crippen molar-refractivity contribution in [3.05, 3.63) is 11.6 Å². The van der Waals surface area contributed by atoms with Crippen LogP contribution in [0.15, 0.2) is 11.6 Å². The Kier molecular flexibility index (Phi) is 3.77. The zero-order valence-electron chi connectivity index (χ0n) is 9.84. The topological polar surface area (TPSA) is 52.3 Å². The van der Waals surface area contributed by atoms with Gasteiger partial charge in [-0.05, 0) is 44.1 Å². The Morgan fingerprint density at radius 3 is 2.69 bits per heavy atom. The van der Waals surface area contributed by atoms with Crippen LogP contribution < -0.4 is 5.73 Å². The highest BCUT2D eigenvalue weighted by Crippen LogP contribution is 2.35. The van der Waals surface area contributed by atoms with Crippen molar-refractivity contribution in [2.24, 2.45) is 11.1 Å². The molecule has 1 fully saturated rings. The Balaban J connectivity index is 2.13. The first kappa shape index (κ1) is 11.8. The molecule has 1 heterocycles. The molecule has 0 bridgehead atoms. The van der Waals surface area contributed by atoms with Crippen molar-refractivity contribution in [3.8, 4) is 0 Å². The van der Waals surface area contributed by atoms with Crippen LogP contribution in [0.3, 0.4) is 0 Å². The van der Waals surface area contributed by atoms with Crippen LogP contribution in [-0.2, 0) is 9.53 Å². The standard InChI is InChI=1S/C13H21NO2/c14-10-13(6-8-16-9-7-13)12(15)11-4-2-1-3-5-11/h4H,1-3,5-10,14H2. The number of ether oxygens (including phenoxy) is 1. The SMILES string of the molecule is NCC1(C(=O)C2=CCCCC2)CCOCC1. The maximum atomic E-state index is 12.5. The molecule has 0 spiro atoms. The van der Waals surface area contributed by atoms with Gasteiger partial charge in [-0.1, -0.05) is 6.08 Å². The molecule has 0 amide bonds. The second-order valence-corrected chi connectivity index (χ2v) is 4.90. The summed E-state index contributed by atoms with van der Waals surface area (Å²) in [4.78, 5) is 12.5. The Hall–Kier alpha value is -0.670. The Bertz CT molecular complexity index is 290. The summed E-state index contributed by atoms with van der Waals surface area (Å²) in [6.07, 6.45) is 8.07. The zero-order valence-corrected chi connectivity index (χ0v) is 9.84. The third-order valence-electron chi connectivity index (χ3n) is 3.90. The number of carbonyl (C=O) groups excluding carboxylic acids is 1. The summed E-state index contributed by atoms with van der Waals surface area (Å²) in [7, 11) is 0. The summed E-state index contributed by atoms with van der Waals surface area (Å²) < 4.78 is 5.34. The number of nitrogens with two attached hydrogens (primary N) is 1. The van der Waals surface area contributed by atoms with Gasteiger partial charge < -0.3 is 10.5 Å². The van der Waals surface area contributed by atoms with E-state index in [0.29, 0.717) is 25.5 Å². The number of carbonyl (C=O) groups is 1. The Morgan fingerprint density at radius 1 is 1.38 bits per heavy atom. The fourth-order valence-electron chi connectivity index (χ4n) is 2.67. The molecule has 16 heavy (non-hydrogen) atoms. The first-order valence-corrected chi connectivity index (χ1v) is 6.30. The van der Waals surface area contributed by atoms with Gasteiger partial charge in [0.25, 0.3) is 0 Å². The van der Waals surface area contributed by atoms with Gasteiger partial charge in [0.05, 0.1) is 0 Å². The summed E-state index contributed by atoms with van der Waals surface area (Å²) in [5.41, 5.74) is 6.55. The quantitative estimate of drug-likeness (QED) is 0.794. The van der Waals surface area contributed by atoms with Gasteiger partial charge in [-0.2, -0.15) is 0 Å². The van der Waals surface area contributed by atoms with Crippen molar-refractivity contribution in [1.29, 1.82) is 0 Å². The fraction of sp³-hybridized carbons (Fsp3) is 0.769. The summed E-state index contributed by atoms with van der Waals surface area (Å²) >= 11 is 0. The molecule has 2 N–H and O–H groups in total. The smallest absolute Gasteiger partial charge is 0.166 e. The number of hydrogen-bond acceptors (Lipinski definition) is 3. The zero-order chi connectivity index (χ0) is 11.4. The number of rotatable bonds is 3. The minimum Gasteiger partial charge on any atom is -0.381 e. The van der Waals surface area contributed by atoms with Gasteiger partial charge >= 0.3 is 0 Å². The molecule has 2 rings (SSSR count). The molecule has 90 valence electrons. The molecule has 2 aliphatic rings. The van der Waals surface area contributed by atoms with Crippen LogP contribution in [-0.4, -0.2) is 25.5 Å². The molecular weight excluding hydrogens is 202 g/mol. The minimum atomic E-state index is -0.318. The van der Waals surface area contributed by atoms with Gasteiger partial charge in [0.2, 0.25) is 0 Å². The molecule has 0 aromatic carbocycles. The van der Waals surface area contributed by atoms with E-state index in [1.165, 1.54) is 6.42 Å². The van der Waals surface area contributed by atoms with E-state index in [4.69, 9.17) is 10.5 Å². The molecule has 0 aromatic heterocycles. The summed E-state index contributed by atoms with van der Waals surface area (Å²) in [6.45, 7) is 1.82.